The maximum atomic E-state index is 13.6. The van der Waals surface area contributed by atoms with Crippen molar-refractivity contribution in [3.05, 3.63) is 66.0 Å². The molecule has 3 aromatic rings. The number of hydrogen-bond acceptors (Lipinski definition) is 6. The Morgan fingerprint density at radius 2 is 1.79 bits per heavy atom. The highest BCUT2D eigenvalue weighted by Crippen LogP contribution is 2.36. The number of pyridine rings is 1. The monoisotopic (exact) mass is 457 g/mol. The summed E-state index contributed by atoms with van der Waals surface area (Å²) in [6, 6.07) is 13.2. The van der Waals surface area contributed by atoms with E-state index in [9.17, 15) is 18.3 Å². The summed E-state index contributed by atoms with van der Waals surface area (Å²) in [4.78, 5) is 12.5. The van der Waals surface area contributed by atoms with Crippen LogP contribution in [0.2, 0.25) is 0 Å². The Labute approximate surface area is 190 Å². The molecule has 0 spiro atoms. The van der Waals surface area contributed by atoms with Crippen LogP contribution in [0.15, 0.2) is 54.9 Å². The fourth-order valence-corrected chi connectivity index (χ4v) is 3.97. The van der Waals surface area contributed by atoms with E-state index >= 15 is 0 Å². The van der Waals surface area contributed by atoms with Crippen LogP contribution in [0.3, 0.4) is 0 Å². The molecule has 4 rings (SSSR count). The molecule has 0 saturated heterocycles. The third-order valence-electron chi connectivity index (χ3n) is 5.87. The van der Waals surface area contributed by atoms with Crippen molar-refractivity contribution >= 4 is 11.8 Å². The van der Waals surface area contributed by atoms with Gasteiger partial charge in [0.1, 0.15) is 11.4 Å². The summed E-state index contributed by atoms with van der Waals surface area (Å²) in [5.41, 5.74) is 0.917. The second-order valence-electron chi connectivity index (χ2n) is 8.60. The summed E-state index contributed by atoms with van der Waals surface area (Å²) < 4.78 is 40.7. The predicted octanol–water partition coefficient (Wildman–Crippen LogP) is 5.28. The molecule has 0 unspecified atom stereocenters. The maximum Gasteiger partial charge on any atom is 0.421 e. The molecule has 0 radical (unpaired) electrons. The van der Waals surface area contributed by atoms with Gasteiger partial charge in [0, 0.05) is 30.5 Å². The van der Waals surface area contributed by atoms with Crippen LogP contribution < -0.4 is 10.6 Å². The number of hydrogen-bond donors (Lipinski definition) is 3. The van der Waals surface area contributed by atoms with Gasteiger partial charge < -0.3 is 15.7 Å². The van der Waals surface area contributed by atoms with Crippen LogP contribution in [0.4, 0.5) is 24.9 Å². The molecule has 1 aliphatic rings. The summed E-state index contributed by atoms with van der Waals surface area (Å²) in [5, 5.41) is 16.1. The highest BCUT2D eigenvalue weighted by molar-refractivity contribution is 5.63. The molecule has 0 amide bonds. The normalized spacial score (nSPS) is 20.9. The van der Waals surface area contributed by atoms with Crippen molar-refractivity contribution in [2.75, 3.05) is 10.6 Å². The maximum absolute atomic E-state index is 13.6. The number of aromatic nitrogens is 3. The van der Waals surface area contributed by atoms with E-state index in [1.54, 1.807) is 13.1 Å². The zero-order valence-electron chi connectivity index (χ0n) is 18.2. The minimum atomic E-state index is -4.58. The lowest BCUT2D eigenvalue weighted by atomic mass is 9.83. The van der Waals surface area contributed by atoms with E-state index in [-0.39, 0.29) is 17.8 Å². The third-order valence-corrected chi connectivity index (χ3v) is 5.87. The number of aliphatic hydroxyl groups is 1. The predicted molar refractivity (Wildman–Crippen MR) is 121 cm³/mol. The average Bonchev–Trinajstić information content (AvgIpc) is 2.79. The summed E-state index contributed by atoms with van der Waals surface area (Å²) in [5.74, 6) is -0.155. The van der Waals surface area contributed by atoms with Crippen LogP contribution in [-0.4, -0.2) is 31.7 Å². The van der Waals surface area contributed by atoms with Gasteiger partial charge in [0.25, 0.3) is 0 Å². The quantitative estimate of drug-likeness (QED) is 0.468. The number of anilines is 2. The van der Waals surface area contributed by atoms with Crippen molar-refractivity contribution in [2.24, 2.45) is 0 Å². The Balaban J connectivity index is 1.53. The summed E-state index contributed by atoms with van der Waals surface area (Å²) in [6.45, 7) is 2.05. The van der Waals surface area contributed by atoms with Gasteiger partial charge in [-0.2, -0.15) is 18.2 Å². The van der Waals surface area contributed by atoms with Crippen molar-refractivity contribution in [2.45, 2.75) is 57.0 Å². The highest BCUT2D eigenvalue weighted by Gasteiger charge is 2.37. The molecular formula is C24H26F3N5O. The fraction of sp³-hybridized carbons (Fsp3) is 0.375. The standard InChI is InChI=1S/C24H26F3N5O/c1-23(33)11-9-18(10-12-23)31-21-19(24(25,26)27)15-30-22(32-21)29-14-17-8-5-13-28-20(17)16-6-3-2-4-7-16/h2-8,13,15,18,33H,9-12,14H2,1H3,(H2,29,30,31,32). The molecule has 2 heterocycles. The smallest absolute Gasteiger partial charge is 0.390 e. The van der Waals surface area contributed by atoms with Gasteiger partial charge in [-0.25, -0.2) is 4.98 Å². The lowest BCUT2D eigenvalue weighted by Gasteiger charge is -2.34. The molecule has 3 N–H and O–H groups in total. The third kappa shape index (κ3) is 5.78. The van der Waals surface area contributed by atoms with Gasteiger partial charge in [0.05, 0.1) is 11.3 Å². The first kappa shape index (κ1) is 23.0. The number of benzene rings is 1. The highest BCUT2D eigenvalue weighted by atomic mass is 19.4. The topological polar surface area (TPSA) is 83.0 Å². The van der Waals surface area contributed by atoms with Crippen molar-refractivity contribution in [3.8, 4) is 11.3 Å². The number of rotatable bonds is 6. The Kier molecular flexibility index (Phi) is 6.51. The average molecular weight is 458 g/mol. The van der Waals surface area contributed by atoms with Gasteiger partial charge in [-0.1, -0.05) is 36.4 Å². The fourth-order valence-electron chi connectivity index (χ4n) is 3.97. The Morgan fingerprint density at radius 3 is 2.48 bits per heavy atom. The first-order valence-corrected chi connectivity index (χ1v) is 10.9. The SMILES string of the molecule is CC1(O)CCC(Nc2nc(NCc3cccnc3-c3ccccc3)ncc2C(F)(F)F)CC1. The molecular weight excluding hydrogens is 431 g/mol. The van der Waals surface area contributed by atoms with Gasteiger partial charge in [-0.3, -0.25) is 4.98 Å². The van der Waals surface area contributed by atoms with Gasteiger partial charge >= 0.3 is 6.18 Å². The van der Waals surface area contributed by atoms with Crippen molar-refractivity contribution in [1.82, 2.24) is 15.0 Å². The van der Waals surface area contributed by atoms with Crippen molar-refractivity contribution in [1.29, 1.82) is 0 Å². The van der Waals surface area contributed by atoms with E-state index in [1.165, 1.54) is 0 Å². The van der Waals surface area contributed by atoms with E-state index in [4.69, 9.17) is 0 Å². The second kappa shape index (κ2) is 9.35. The number of nitrogens with zero attached hydrogens (tertiary/aromatic N) is 3. The molecule has 0 aliphatic heterocycles. The first-order valence-electron chi connectivity index (χ1n) is 10.9. The van der Waals surface area contributed by atoms with Crippen molar-refractivity contribution in [3.63, 3.8) is 0 Å². The van der Waals surface area contributed by atoms with Gasteiger partial charge in [0.15, 0.2) is 0 Å². The summed E-state index contributed by atoms with van der Waals surface area (Å²) in [7, 11) is 0. The second-order valence-corrected chi connectivity index (χ2v) is 8.60. The largest absolute Gasteiger partial charge is 0.421 e. The molecule has 1 aromatic carbocycles. The molecule has 0 bridgehead atoms. The van der Waals surface area contributed by atoms with Crippen LogP contribution >= 0.6 is 0 Å². The Hall–Kier alpha value is -3.20. The first-order chi connectivity index (χ1) is 15.7. The molecule has 174 valence electrons. The van der Waals surface area contributed by atoms with Crippen LogP contribution in [0.5, 0.6) is 0 Å². The van der Waals surface area contributed by atoms with E-state index in [2.05, 4.69) is 25.6 Å². The van der Waals surface area contributed by atoms with Crippen LogP contribution in [0, 0.1) is 0 Å². The number of halogens is 3. The molecule has 1 aliphatic carbocycles. The van der Waals surface area contributed by atoms with Gasteiger partial charge in [0.2, 0.25) is 5.95 Å². The van der Waals surface area contributed by atoms with Crippen molar-refractivity contribution < 1.29 is 18.3 Å². The Morgan fingerprint density at radius 1 is 1.06 bits per heavy atom. The number of alkyl halides is 3. The summed E-state index contributed by atoms with van der Waals surface area (Å²) in [6.07, 6.45) is 0.0875. The van der Waals surface area contributed by atoms with Crippen LogP contribution in [0.25, 0.3) is 11.3 Å². The lowest BCUT2D eigenvalue weighted by molar-refractivity contribution is -0.137. The van der Waals surface area contributed by atoms with Gasteiger partial charge in [-0.15, -0.1) is 0 Å². The van der Waals surface area contributed by atoms with Crippen LogP contribution in [-0.2, 0) is 12.7 Å². The van der Waals surface area contributed by atoms with Gasteiger partial charge in [-0.05, 0) is 44.2 Å². The van der Waals surface area contributed by atoms with E-state index in [0.29, 0.717) is 32.2 Å². The zero-order valence-corrected chi connectivity index (χ0v) is 18.2. The molecule has 1 fully saturated rings. The Bertz CT molecular complexity index is 1080. The zero-order chi connectivity index (χ0) is 23.5. The van der Waals surface area contributed by atoms with E-state index in [0.717, 1.165) is 23.0 Å². The molecule has 0 atom stereocenters. The molecule has 9 heteroatoms. The molecule has 33 heavy (non-hydrogen) atoms. The number of nitrogens with one attached hydrogen (secondary N) is 2. The molecule has 2 aromatic heterocycles. The molecule has 1 saturated carbocycles. The van der Waals surface area contributed by atoms with E-state index in [1.807, 2.05) is 42.5 Å². The minimum Gasteiger partial charge on any atom is -0.390 e. The summed E-state index contributed by atoms with van der Waals surface area (Å²) >= 11 is 0. The minimum absolute atomic E-state index is 0.0937. The van der Waals surface area contributed by atoms with E-state index < -0.39 is 17.3 Å². The lowest BCUT2D eigenvalue weighted by Crippen LogP contribution is -2.36. The molecule has 6 nitrogen and oxygen atoms in total. The van der Waals surface area contributed by atoms with Crippen LogP contribution in [0.1, 0.15) is 43.7 Å².